The summed E-state index contributed by atoms with van der Waals surface area (Å²) in [6.45, 7) is 3.16. The highest BCUT2D eigenvalue weighted by Gasteiger charge is 1.98. The van der Waals surface area contributed by atoms with E-state index in [2.05, 4.69) is 12.2 Å². The zero-order valence-electron chi connectivity index (χ0n) is 9.74. The highest BCUT2D eigenvalue weighted by Crippen LogP contribution is 2.07. The molecule has 0 aliphatic rings. The van der Waals surface area contributed by atoms with Gasteiger partial charge in [0.2, 0.25) is 5.91 Å². The number of carbonyl (C=O) groups is 1. The number of ether oxygens (including phenoxy) is 1. The predicted molar refractivity (Wildman–Crippen MR) is 64.5 cm³/mol. The summed E-state index contributed by atoms with van der Waals surface area (Å²) in [5.74, 6) is 0.948. The Morgan fingerprint density at radius 2 is 2.06 bits per heavy atom. The van der Waals surface area contributed by atoms with E-state index in [1.54, 1.807) is 0 Å². The number of hydrogen-bond acceptors (Lipinski definition) is 2. The summed E-state index contributed by atoms with van der Waals surface area (Å²) < 4.78 is 5.45. The molecule has 1 N–H and O–H groups in total. The molecule has 3 nitrogen and oxygen atoms in total. The van der Waals surface area contributed by atoms with Gasteiger partial charge in [0.25, 0.3) is 0 Å². The number of amides is 1. The van der Waals surface area contributed by atoms with E-state index in [1.165, 1.54) is 0 Å². The summed E-state index contributed by atoms with van der Waals surface area (Å²) in [5, 5.41) is 2.82. The van der Waals surface area contributed by atoms with E-state index in [0.29, 0.717) is 19.6 Å². The van der Waals surface area contributed by atoms with Crippen molar-refractivity contribution in [1.29, 1.82) is 0 Å². The van der Waals surface area contributed by atoms with Crippen molar-refractivity contribution in [1.82, 2.24) is 5.32 Å². The van der Waals surface area contributed by atoms with Gasteiger partial charge < -0.3 is 10.1 Å². The minimum absolute atomic E-state index is 0.110. The number of benzene rings is 1. The molecule has 1 aromatic carbocycles. The summed E-state index contributed by atoms with van der Waals surface area (Å²) in [6.07, 6.45) is 2.61. The van der Waals surface area contributed by atoms with Crippen molar-refractivity contribution >= 4 is 5.91 Å². The molecule has 0 saturated carbocycles. The first kappa shape index (κ1) is 12.6. The first-order chi connectivity index (χ1) is 7.83. The highest BCUT2D eigenvalue weighted by molar-refractivity contribution is 5.75. The van der Waals surface area contributed by atoms with E-state index in [4.69, 9.17) is 4.74 Å². The van der Waals surface area contributed by atoms with Gasteiger partial charge in [-0.1, -0.05) is 31.5 Å². The van der Waals surface area contributed by atoms with Crippen LogP contribution in [-0.2, 0) is 4.79 Å². The lowest BCUT2D eigenvalue weighted by Gasteiger charge is -2.07. The van der Waals surface area contributed by atoms with Gasteiger partial charge in [-0.05, 0) is 18.6 Å². The molecule has 0 aliphatic heterocycles. The second-order valence-corrected chi connectivity index (χ2v) is 3.62. The molecule has 88 valence electrons. The van der Waals surface area contributed by atoms with E-state index in [0.717, 1.165) is 18.6 Å². The molecule has 0 atom stereocenters. The van der Waals surface area contributed by atoms with E-state index < -0.39 is 0 Å². The van der Waals surface area contributed by atoms with Crippen LogP contribution in [0.25, 0.3) is 0 Å². The van der Waals surface area contributed by atoms with Crippen LogP contribution in [0.5, 0.6) is 5.75 Å². The van der Waals surface area contributed by atoms with Gasteiger partial charge in [0.1, 0.15) is 12.4 Å². The first-order valence-electron chi connectivity index (χ1n) is 5.77. The normalized spacial score (nSPS) is 9.81. The third-order valence-corrected chi connectivity index (χ3v) is 2.19. The molecule has 0 spiro atoms. The highest BCUT2D eigenvalue weighted by atomic mass is 16.5. The number of unbranched alkanes of at least 4 members (excludes halogenated alkanes) is 1. The number of carbonyl (C=O) groups excluding carboxylic acids is 1. The Balaban J connectivity index is 2.06. The van der Waals surface area contributed by atoms with E-state index in [-0.39, 0.29) is 5.91 Å². The van der Waals surface area contributed by atoms with Crippen LogP contribution >= 0.6 is 0 Å². The molecule has 1 rings (SSSR count). The van der Waals surface area contributed by atoms with Crippen LogP contribution < -0.4 is 10.1 Å². The Morgan fingerprint density at radius 3 is 2.75 bits per heavy atom. The van der Waals surface area contributed by atoms with Crippen molar-refractivity contribution in [3.8, 4) is 5.75 Å². The minimum Gasteiger partial charge on any atom is -0.492 e. The van der Waals surface area contributed by atoms with Gasteiger partial charge in [-0.3, -0.25) is 4.79 Å². The molecule has 0 fully saturated rings. The lowest BCUT2D eigenvalue weighted by Crippen LogP contribution is -2.27. The Labute approximate surface area is 96.8 Å². The topological polar surface area (TPSA) is 38.3 Å². The van der Waals surface area contributed by atoms with Crippen LogP contribution in [0, 0.1) is 0 Å². The molecular formula is C13H19NO2. The smallest absolute Gasteiger partial charge is 0.220 e. The number of para-hydroxylation sites is 1. The third-order valence-electron chi connectivity index (χ3n) is 2.19. The zero-order chi connectivity index (χ0) is 11.6. The second-order valence-electron chi connectivity index (χ2n) is 3.62. The van der Waals surface area contributed by atoms with Crippen LogP contribution in [0.15, 0.2) is 30.3 Å². The van der Waals surface area contributed by atoms with Crippen molar-refractivity contribution in [2.75, 3.05) is 13.2 Å². The zero-order valence-corrected chi connectivity index (χ0v) is 9.74. The molecule has 0 heterocycles. The largest absolute Gasteiger partial charge is 0.492 e. The molecule has 0 bridgehead atoms. The Morgan fingerprint density at radius 1 is 1.31 bits per heavy atom. The lowest BCUT2D eigenvalue weighted by atomic mass is 10.2. The Kier molecular flexibility index (Phi) is 6.07. The Hall–Kier alpha value is -1.51. The summed E-state index contributed by atoms with van der Waals surface area (Å²) in [7, 11) is 0. The van der Waals surface area contributed by atoms with E-state index in [1.807, 2.05) is 30.3 Å². The van der Waals surface area contributed by atoms with E-state index in [9.17, 15) is 4.79 Å². The van der Waals surface area contributed by atoms with Crippen LogP contribution in [0.4, 0.5) is 0 Å². The maximum atomic E-state index is 11.2. The fourth-order valence-corrected chi connectivity index (χ4v) is 1.30. The molecule has 1 aromatic rings. The maximum Gasteiger partial charge on any atom is 0.220 e. The summed E-state index contributed by atoms with van der Waals surface area (Å²) >= 11 is 0. The van der Waals surface area contributed by atoms with Gasteiger partial charge in [0.05, 0.1) is 6.54 Å². The average Bonchev–Trinajstić information content (AvgIpc) is 2.33. The van der Waals surface area contributed by atoms with Crippen molar-refractivity contribution < 1.29 is 9.53 Å². The van der Waals surface area contributed by atoms with Gasteiger partial charge in [0, 0.05) is 6.42 Å². The predicted octanol–water partition coefficient (Wildman–Crippen LogP) is 2.37. The summed E-state index contributed by atoms with van der Waals surface area (Å²) in [6, 6.07) is 9.60. The number of rotatable bonds is 7. The van der Waals surface area contributed by atoms with Gasteiger partial charge in [0.15, 0.2) is 0 Å². The van der Waals surface area contributed by atoms with Gasteiger partial charge >= 0.3 is 0 Å². The Bertz CT molecular complexity index is 298. The SMILES string of the molecule is CCCCC(=O)NCCOc1ccccc1. The molecule has 1 amide bonds. The van der Waals surface area contributed by atoms with Crippen LogP contribution in [0.2, 0.25) is 0 Å². The molecular weight excluding hydrogens is 202 g/mol. The first-order valence-corrected chi connectivity index (χ1v) is 5.77. The molecule has 0 aromatic heterocycles. The summed E-state index contributed by atoms with van der Waals surface area (Å²) in [4.78, 5) is 11.2. The second kappa shape index (κ2) is 7.74. The summed E-state index contributed by atoms with van der Waals surface area (Å²) in [5.41, 5.74) is 0. The van der Waals surface area contributed by atoms with E-state index >= 15 is 0 Å². The van der Waals surface area contributed by atoms with Crippen LogP contribution in [0.1, 0.15) is 26.2 Å². The minimum atomic E-state index is 0.110. The average molecular weight is 221 g/mol. The van der Waals surface area contributed by atoms with Crippen molar-refractivity contribution in [2.24, 2.45) is 0 Å². The van der Waals surface area contributed by atoms with Gasteiger partial charge in [-0.25, -0.2) is 0 Å². The molecule has 0 saturated heterocycles. The molecule has 3 heteroatoms. The number of nitrogens with one attached hydrogen (secondary N) is 1. The van der Waals surface area contributed by atoms with Crippen molar-refractivity contribution in [2.45, 2.75) is 26.2 Å². The molecule has 0 unspecified atom stereocenters. The quantitative estimate of drug-likeness (QED) is 0.718. The van der Waals surface area contributed by atoms with Crippen molar-refractivity contribution in [3.05, 3.63) is 30.3 Å². The molecule has 0 radical (unpaired) electrons. The van der Waals surface area contributed by atoms with Crippen LogP contribution in [0.3, 0.4) is 0 Å². The molecule has 16 heavy (non-hydrogen) atoms. The number of hydrogen-bond donors (Lipinski definition) is 1. The maximum absolute atomic E-state index is 11.2. The van der Waals surface area contributed by atoms with Gasteiger partial charge in [-0.2, -0.15) is 0 Å². The standard InChI is InChI=1S/C13H19NO2/c1-2-3-9-13(15)14-10-11-16-12-7-5-4-6-8-12/h4-8H,2-3,9-11H2,1H3,(H,14,15). The third kappa shape index (κ3) is 5.39. The monoisotopic (exact) mass is 221 g/mol. The van der Waals surface area contributed by atoms with Gasteiger partial charge in [-0.15, -0.1) is 0 Å². The fourth-order valence-electron chi connectivity index (χ4n) is 1.30. The van der Waals surface area contributed by atoms with Crippen LogP contribution in [-0.4, -0.2) is 19.1 Å². The lowest BCUT2D eigenvalue weighted by molar-refractivity contribution is -0.121. The molecule has 0 aliphatic carbocycles. The fraction of sp³-hybridized carbons (Fsp3) is 0.462. The van der Waals surface area contributed by atoms with Crippen molar-refractivity contribution in [3.63, 3.8) is 0 Å².